The largest absolute Gasteiger partial charge is 0.0835 e. The molecule has 0 atom stereocenters. The van der Waals surface area contributed by atoms with Crippen LogP contribution in [-0.4, -0.2) is 0 Å². The molecule has 0 bridgehead atoms. The van der Waals surface area contributed by atoms with Crippen molar-refractivity contribution < 1.29 is 0 Å². The van der Waals surface area contributed by atoms with E-state index in [2.05, 4.69) is 55.0 Å². The summed E-state index contributed by atoms with van der Waals surface area (Å²) in [6.45, 7) is 0. The minimum absolute atomic E-state index is 1.06. The van der Waals surface area contributed by atoms with Gasteiger partial charge in [-0.15, -0.1) is 0 Å². The molecule has 67 valence electrons. The van der Waals surface area contributed by atoms with E-state index in [1.165, 1.54) is 21.9 Å². The normalized spacial score (nSPS) is 14.3. The van der Waals surface area contributed by atoms with Crippen LogP contribution in [0.3, 0.4) is 0 Å². The molecule has 1 aliphatic rings. The van der Waals surface area contributed by atoms with Crippen LogP contribution in [-0.2, 0) is 6.42 Å². The Bertz CT molecular complexity index is 506. The average Bonchev–Trinajstić information content (AvgIpc) is 2.29. The van der Waals surface area contributed by atoms with Gasteiger partial charge in [0.25, 0.3) is 0 Å². The Labute approximate surface area is 83.9 Å². The molecule has 0 spiro atoms. The van der Waals surface area contributed by atoms with Crippen LogP contribution in [0.5, 0.6) is 0 Å². The van der Waals surface area contributed by atoms with Gasteiger partial charge in [0.05, 0.1) is 0 Å². The average molecular weight is 179 g/mol. The van der Waals surface area contributed by atoms with Gasteiger partial charge in [0.15, 0.2) is 0 Å². The van der Waals surface area contributed by atoms with Gasteiger partial charge in [0.2, 0.25) is 0 Å². The van der Waals surface area contributed by atoms with E-state index in [-0.39, 0.29) is 0 Å². The van der Waals surface area contributed by atoms with Crippen molar-refractivity contribution in [2.24, 2.45) is 0 Å². The van der Waals surface area contributed by atoms with Crippen molar-refractivity contribution in [3.63, 3.8) is 0 Å². The zero-order valence-electron chi connectivity index (χ0n) is 7.90. The summed E-state index contributed by atoms with van der Waals surface area (Å²) in [5.41, 5.74) is 2.83. The third-order valence-electron chi connectivity index (χ3n) is 2.81. The van der Waals surface area contributed by atoms with Crippen molar-refractivity contribution in [3.05, 3.63) is 66.1 Å². The lowest BCUT2D eigenvalue weighted by atomic mass is 9.92. The number of allylic oxidation sites excluding steroid dienone is 2. The van der Waals surface area contributed by atoms with Crippen LogP contribution in [0.4, 0.5) is 0 Å². The van der Waals surface area contributed by atoms with E-state index in [1.807, 2.05) is 0 Å². The van der Waals surface area contributed by atoms with E-state index in [0.717, 1.165) is 6.42 Å². The molecule has 2 aromatic rings. The Morgan fingerprint density at radius 3 is 2.86 bits per heavy atom. The third kappa shape index (κ3) is 1.07. The lowest BCUT2D eigenvalue weighted by molar-refractivity contribution is 1.22. The quantitative estimate of drug-likeness (QED) is 0.580. The fraction of sp³-hybridized carbons (Fsp3) is 0.0714. The van der Waals surface area contributed by atoms with Gasteiger partial charge in [0, 0.05) is 6.42 Å². The second-order valence-corrected chi connectivity index (χ2v) is 3.65. The van der Waals surface area contributed by atoms with Crippen LogP contribution in [0.15, 0.2) is 48.6 Å². The molecule has 0 aliphatic heterocycles. The standard InChI is InChI=1S/C14H11/c1-3-7-13-11(5-1)9-10-12-6-2-4-8-14(12)13/h1-7,9-10H,8H2. The highest BCUT2D eigenvalue weighted by Crippen LogP contribution is 2.26. The fourth-order valence-electron chi connectivity index (χ4n) is 2.09. The maximum atomic E-state index is 2.22. The number of rotatable bonds is 0. The first-order chi connectivity index (χ1) is 6.95. The van der Waals surface area contributed by atoms with Crippen LogP contribution >= 0.6 is 0 Å². The number of hydrogen-bond donors (Lipinski definition) is 0. The first kappa shape index (κ1) is 7.81. The van der Waals surface area contributed by atoms with E-state index >= 15 is 0 Å². The van der Waals surface area contributed by atoms with Crippen LogP contribution in [0.2, 0.25) is 0 Å². The Balaban J connectivity index is 2.37. The third-order valence-corrected chi connectivity index (χ3v) is 2.81. The maximum absolute atomic E-state index is 2.22. The molecule has 0 unspecified atom stereocenters. The zero-order chi connectivity index (χ0) is 9.38. The van der Waals surface area contributed by atoms with E-state index in [1.54, 1.807) is 0 Å². The molecule has 0 heteroatoms. The molecular weight excluding hydrogens is 168 g/mol. The minimum Gasteiger partial charge on any atom is -0.0835 e. The van der Waals surface area contributed by atoms with Crippen molar-refractivity contribution >= 4 is 10.8 Å². The first-order valence-corrected chi connectivity index (χ1v) is 4.96. The molecule has 0 amide bonds. The summed E-state index contributed by atoms with van der Waals surface area (Å²) >= 11 is 0. The lowest BCUT2D eigenvalue weighted by Gasteiger charge is -2.13. The predicted molar refractivity (Wildman–Crippen MR) is 60.2 cm³/mol. The SMILES string of the molecule is [CH]1C=CCc2c1ccc1ccccc21. The number of fused-ring (bicyclic) bond motifs is 3. The van der Waals surface area contributed by atoms with Crippen LogP contribution in [0.1, 0.15) is 11.1 Å². The molecular formula is C14H11. The van der Waals surface area contributed by atoms with Crippen molar-refractivity contribution in [3.8, 4) is 0 Å². The smallest absolute Gasteiger partial charge is 0.0125 e. The van der Waals surface area contributed by atoms with Crippen LogP contribution in [0.25, 0.3) is 10.8 Å². The summed E-state index contributed by atoms with van der Waals surface area (Å²) in [5.74, 6) is 0. The maximum Gasteiger partial charge on any atom is 0.0125 e. The monoisotopic (exact) mass is 179 g/mol. The second kappa shape index (κ2) is 2.98. The molecule has 1 aliphatic carbocycles. The molecule has 3 rings (SSSR count). The summed E-state index contributed by atoms with van der Waals surface area (Å²) in [5, 5.41) is 2.74. The zero-order valence-corrected chi connectivity index (χ0v) is 7.90. The molecule has 0 nitrogen and oxygen atoms in total. The summed E-state index contributed by atoms with van der Waals surface area (Å²) in [4.78, 5) is 0. The summed E-state index contributed by atoms with van der Waals surface area (Å²) < 4.78 is 0. The molecule has 14 heavy (non-hydrogen) atoms. The molecule has 0 fully saturated rings. The van der Waals surface area contributed by atoms with Gasteiger partial charge in [-0.2, -0.15) is 0 Å². The summed E-state index contributed by atoms with van der Waals surface area (Å²) in [6, 6.07) is 13.0. The van der Waals surface area contributed by atoms with E-state index in [4.69, 9.17) is 0 Å². The van der Waals surface area contributed by atoms with Crippen molar-refractivity contribution in [1.82, 2.24) is 0 Å². The molecule has 2 aromatic carbocycles. The molecule has 0 aromatic heterocycles. The number of hydrogen-bond acceptors (Lipinski definition) is 0. The molecule has 0 N–H and O–H groups in total. The van der Waals surface area contributed by atoms with E-state index < -0.39 is 0 Å². The van der Waals surface area contributed by atoms with Gasteiger partial charge in [-0.05, 0) is 28.3 Å². The lowest BCUT2D eigenvalue weighted by Crippen LogP contribution is -1.96. The predicted octanol–water partition coefficient (Wildman–Crippen LogP) is 3.50. The summed E-state index contributed by atoms with van der Waals surface area (Å²) in [6.07, 6.45) is 7.60. The van der Waals surface area contributed by atoms with Crippen molar-refractivity contribution in [2.45, 2.75) is 6.42 Å². The Hall–Kier alpha value is -1.56. The second-order valence-electron chi connectivity index (χ2n) is 3.65. The Kier molecular flexibility index (Phi) is 1.66. The highest BCUT2D eigenvalue weighted by molar-refractivity contribution is 5.87. The van der Waals surface area contributed by atoms with Gasteiger partial charge in [0.1, 0.15) is 0 Å². The highest BCUT2D eigenvalue weighted by atomic mass is 14.1. The van der Waals surface area contributed by atoms with Gasteiger partial charge in [-0.25, -0.2) is 0 Å². The van der Waals surface area contributed by atoms with E-state index in [0.29, 0.717) is 0 Å². The summed E-state index contributed by atoms with van der Waals surface area (Å²) in [7, 11) is 0. The molecule has 0 heterocycles. The van der Waals surface area contributed by atoms with Crippen molar-refractivity contribution in [1.29, 1.82) is 0 Å². The van der Waals surface area contributed by atoms with Crippen LogP contribution in [0, 0.1) is 6.42 Å². The molecule has 1 radical (unpaired) electrons. The molecule has 0 saturated carbocycles. The minimum atomic E-state index is 1.06. The Morgan fingerprint density at radius 1 is 0.929 bits per heavy atom. The highest BCUT2D eigenvalue weighted by Gasteiger charge is 2.07. The van der Waals surface area contributed by atoms with Gasteiger partial charge in [-0.1, -0.05) is 48.6 Å². The molecule has 0 saturated heterocycles. The Morgan fingerprint density at radius 2 is 1.86 bits per heavy atom. The first-order valence-electron chi connectivity index (χ1n) is 4.96. The van der Waals surface area contributed by atoms with Crippen LogP contribution < -0.4 is 0 Å². The topological polar surface area (TPSA) is 0 Å². The van der Waals surface area contributed by atoms with Crippen molar-refractivity contribution in [2.75, 3.05) is 0 Å². The van der Waals surface area contributed by atoms with Gasteiger partial charge < -0.3 is 0 Å². The van der Waals surface area contributed by atoms with Gasteiger partial charge >= 0.3 is 0 Å². The fourth-order valence-corrected chi connectivity index (χ4v) is 2.09. The number of benzene rings is 2. The van der Waals surface area contributed by atoms with E-state index in [9.17, 15) is 0 Å². The van der Waals surface area contributed by atoms with Gasteiger partial charge in [-0.3, -0.25) is 0 Å².